The Morgan fingerprint density at radius 2 is 1.85 bits per heavy atom. The van der Waals surface area contributed by atoms with E-state index in [2.05, 4.69) is 10.9 Å². The van der Waals surface area contributed by atoms with Crippen LogP contribution in [-0.4, -0.2) is 23.3 Å². The predicted molar refractivity (Wildman–Crippen MR) is 95.1 cm³/mol. The fourth-order valence-electron chi connectivity index (χ4n) is 2.03. The Balaban J connectivity index is 1.92. The SMILES string of the molecule is Cc1ccc(OCC(=O)NNC(=O)c2ccc(Cl)cc2[N+](=O)[O-])cc1C. The van der Waals surface area contributed by atoms with E-state index in [9.17, 15) is 19.7 Å². The number of hydrazine groups is 1. The van der Waals surface area contributed by atoms with Crippen LogP contribution < -0.4 is 15.6 Å². The number of benzene rings is 2. The van der Waals surface area contributed by atoms with Crippen LogP contribution in [0, 0.1) is 24.0 Å². The summed E-state index contributed by atoms with van der Waals surface area (Å²) in [4.78, 5) is 34.1. The molecular weight excluding hydrogens is 362 g/mol. The van der Waals surface area contributed by atoms with Gasteiger partial charge < -0.3 is 4.74 Å². The number of nitro groups is 1. The van der Waals surface area contributed by atoms with Crippen molar-refractivity contribution in [2.45, 2.75) is 13.8 Å². The number of hydrogen-bond acceptors (Lipinski definition) is 5. The molecule has 0 spiro atoms. The average molecular weight is 378 g/mol. The number of nitrogens with zero attached hydrogens (tertiary/aromatic N) is 1. The van der Waals surface area contributed by atoms with Crippen molar-refractivity contribution in [2.24, 2.45) is 0 Å². The zero-order valence-corrected chi connectivity index (χ0v) is 14.8. The smallest absolute Gasteiger partial charge is 0.283 e. The number of amides is 2. The van der Waals surface area contributed by atoms with Crippen molar-refractivity contribution in [3.63, 3.8) is 0 Å². The van der Waals surface area contributed by atoms with E-state index in [4.69, 9.17) is 16.3 Å². The Hall–Kier alpha value is -3.13. The molecule has 2 aromatic rings. The first-order chi connectivity index (χ1) is 12.3. The third-order valence-electron chi connectivity index (χ3n) is 3.56. The number of nitro benzene ring substituents is 1. The summed E-state index contributed by atoms with van der Waals surface area (Å²) in [6.45, 7) is 3.55. The van der Waals surface area contributed by atoms with Gasteiger partial charge in [0.15, 0.2) is 6.61 Å². The van der Waals surface area contributed by atoms with Crippen molar-refractivity contribution < 1.29 is 19.2 Å². The Morgan fingerprint density at radius 3 is 2.50 bits per heavy atom. The summed E-state index contributed by atoms with van der Waals surface area (Å²) in [5, 5.41) is 11.1. The highest BCUT2D eigenvalue weighted by Crippen LogP contribution is 2.23. The summed E-state index contributed by atoms with van der Waals surface area (Å²) in [7, 11) is 0. The molecule has 2 N–H and O–H groups in total. The first-order valence-electron chi connectivity index (χ1n) is 7.51. The van der Waals surface area contributed by atoms with E-state index in [1.807, 2.05) is 19.9 Å². The van der Waals surface area contributed by atoms with E-state index < -0.39 is 22.4 Å². The molecule has 0 saturated heterocycles. The molecule has 2 amide bonds. The van der Waals surface area contributed by atoms with Gasteiger partial charge in [0, 0.05) is 11.1 Å². The van der Waals surface area contributed by atoms with Gasteiger partial charge in [-0.2, -0.15) is 0 Å². The first-order valence-corrected chi connectivity index (χ1v) is 7.89. The highest BCUT2D eigenvalue weighted by Gasteiger charge is 2.21. The quantitative estimate of drug-likeness (QED) is 0.614. The van der Waals surface area contributed by atoms with Crippen molar-refractivity contribution >= 4 is 29.1 Å². The van der Waals surface area contributed by atoms with Gasteiger partial charge in [0.1, 0.15) is 11.3 Å². The minimum Gasteiger partial charge on any atom is -0.484 e. The molecule has 0 aliphatic heterocycles. The molecule has 0 aliphatic carbocycles. The lowest BCUT2D eigenvalue weighted by atomic mass is 10.1. The topological polar surface area (TPSA) is 111 Å². The van der Waals surface area contributed by atoms with Gasteiger partial charge in [0.2, 0.25) is 0 Å². The van der Waals surface area contributed by atoms with Crippen molar-refractivity contribution in [3.05, 3.63) is 68.2 Å². The summed E-state index contributed by atoms with van der Waals surface area (Å²) in [6.07, 6.45) is 0. The fourth-order valence-corrected chi connectivity index (χ4v) is 2.20. The second kappa shape index (κ2) is 8.30. The summed E-state index contributed by atoms with van der Waals surface area (Å²) >= 11 is 5.69. The van der Waals surface area contributed by atoms with E-state index in [1.54, 1.807) is 12.1 Å². The minimum atomic E-state index is -0.840. The zero-order chi connectivity index (χ0) is 19.3. The molecule has 2 rings (SSSR count). The van der Waals surface area contributed by atoms with Crippen LogP contribution in [0.2, 0.25) is 5.02 Å². The number of hydrogen-bond donors (Lipinski definition) is 2. The largest absolute Gasteiger partial charge is 0.484 e. The highest BCUT2D eigenvalue weighted by molar-refractivity contribution is 6.31. The summed E-state index contributed by atoms with van der Waals surface area (Å²) in [6, 6.07) is 8.98. The van der Waals surface area contributed by atoms with Gasteiger partial charge in [0.25, 0.3) is 17.5 Å². The maximum absolute atomic E-state index is 12.0. The lowest BCUT2D eigenvalue weighted by Crippen LogP contribution is -2.44. The average Bonchev–Trinajstić information content (AvgIpc) is 2.60. The second-order valence-electron chi connectivity index (χ2n) is 5.46. The van der Waals surface area contributed by atoms with Gasteiger partial charge in [0.05, 0.1) is 4.92 Å². The Morgan fingerprint density at radius 1 is 1.12 bits per heavy atom. The van der Waals surface area contributed by atoms with Crippen LogP contribution in [0.4, 0.5) is 5.69 Å². The molecule has 0 unspecified atom stereocenters. The molecule has 8 nitrogen and oxygen atoms in total. The van der Waals surface area contributed by atoms with Crippen LogP contribution in [0.5, 0.6) is 5.75 Å². The summed E-state index contributed by atoms with van der Waals surface area (Å²) in [5.41, 5.74) is 5.67. The Labute approximate surface area is 154 Å². The van der Waals surface area contributed by atoms with E-state index in [1.165, 1.54) is 12.1 Å². The lowest BCUT2D eigenvalue weighted by Gasteiger charge is -2.10. The summed E-state index contributed by atoms with van der Waals surface area (Å²) in [5.74, 6) is -0.941. The van der Waals surface area contributed by atoms with Crippen LogP contribution in [0.3, 0.4) is 0 Å². The van der Waals surface area contributed by atoms with E-state index in [0.717, 1.165) is 17.2 Å². The number of carbonyl (C=O) groups is 2. The number of rotatable bonds is 5. The maximum atomic E-state index is 12.0. The molecule has 2 aromatic carbocycles. The van der Waals surface area contributed by atoms with Gasteiger partial charge in [-0.1, -0.05) is 17.7 Å². The molecule has 26 heavy (non-hydrogen) atoms. The maximum Gasteiger partial charge on any atom is 0.283 e. The fraction of sp³-hybridized carbons (Fsp3) is 0.176. The summed E-state index contributed by atoms with van der Waals surface area (Å²) < 4.78 is 5.33. The molecule has 0 atom stereocenters. The number of halogens is 1. The van der Waals surface area contributed by atoms with Crippen molar-refractivity contribution in [3.8, 4) is 5.75 Å². The van der Waals surface area contributed by atoms with Crippen LogP contribution >= 0.6 is 11.6 Å². The molecular formula is C17H16ClN3O5. The van der Waals surface area contributed by atoms with E-state index in [-0.39, 0.29) is 17.2 Å². The Bertz CT molecular complexity index is 869. The number of ether oxygens (including phenoxy) is 1. The van der Waals surface area contributed by atoms with Gasteiger partial charge in [-0.05, 0) is 49.2 Å². The monoisotopic (exact) mass is 377 g/mol. The van der Waals surface area contributed by atoms with Crippen LogP contribution in [0.1, 0.15) is 21.5 Å². The molecule has 0 bridgehead atoms. The lowest BCUT2D eigenvalue weighted by molar-refractivity contribution is -0.385. The normalized spacial score (nSPS) is 10.1. The molecule has 0 heterocycles. The molecule has 0 aliphatic rings. The van der Waals surface area contributed by atoms with Crippen LogP contribution in [0.15, 0.2) is 36.4 Å². The number of carbonyl (C=O) groups excluding carboxylic acids is 2. The van der Waals surface area contributed by atoms with Gasteiger partial charge in [-0.3, -0.25) is 30.6 Å². The third kappa shape index (κ3) is 4.93. The molecule has 0 fully saturated rings. The highest BCUT2D eigenvalue weighted by atomic mass is 35.5. The minimum absolute atomic E-state index is 0.124. The zero-order valence-electron chi connectivity index (χ0n) is 14.0. The predicted octanol–water partition coefficient (Wildman–Crippen LogP) is 2.71. The molecule has 0 radical (unpaired) electrons. The standard InChI is InChI=1S/C17H16ClN3O5/c1-10-3-5-13(7-11(10)2)26-9-16(22)19-20-17(23)14-6-4-12(18)8-15(14)21(24)25/h3-8H,9H2,1-2H3,(H,19,22)(H,20,23). The van der Waals surface area contributed by atoms with Crippen LogP contribution in [-0.2, 0) is 4.79 Å². The van der Waals surface area contributed by atoms with Crippen molar-refractivity contribution in [1.29, 1.82) is 0 Å². The van der Waals surface area contributed by atoms with E-state index >= 15 is 0 Å². The molecule has 136 valence electrons. The van der Waals surface area contributed by atoms with Crippen molar-refractivity contribution in [1.82, 2.24) is 10.9 Å². The van der Waals surface area contributed by atoms with Crippen LogP contribution in [0.25, 0.3) is 0 Å². The van der Waals surface area contributed by atoms with Gasteiger partial charge in [-0.15, -0.1) is 0 Å². The van der Waals surface area contributed by atoms with E-state index in [0.29, 0.717) is 5.75 Å². The second-order valence-corrected chi connectivity index (χ2v) is 5.89. The van der Waals surface area contributed by atoms with Crippen molar-refractivity contribution in [2.75, 3.05) is 6.61 Å². The number of nitrogens with one attached hydrogen (secondary N) is 2. The third-order valence-corrected chi connectivity index (χ3v) is 3.80. The molecule has 0 aromatic heterocycles. The Kier molecular flexibility index (Phi) is 6.13. The number of aryl methyl sites for hydroxylation is 2. The molecule has 0 saturated carbocycles. The first kappa shape index (κ1) is 19.2. The van der Waals surface area contributed by atoms with Gasteiger partial charge in [-0.25, -0.2) is 0 Å². The molecule has 9 heteroatoms. The van der Waals surface area contributed by atoms with Gasteiger partial charge >= 0.3 is 0 Å².